The van der Waals surface area contributed by atoms with Gasteiger partial charge in [0.2, 0.25) is 0 Å². The molecule has 0 aromatic heterocycles. The second-order valence-electron chi connectivity index (χ2n) is 3.74. The molecule has 8 nitrogen and oxygen atoms in total. The van der Waals surface area contributed by atoms with Gasteiger partial charge in [-0.3, -0.25) is 0 Å². The monoisotopic (exact) mass is 420 g/mol. The van der Waals surface area contributed by atoms with Crippen LogP contribution in [0.25, 0.3) is 0 Å². The molecule has 0 heterocycles. The zero-order valence-electron chi connectivity index (χ0n) is 14.5. The summed E-state index contributed by atoms with van der Waals surface area (Å²) in [7, 11) is 0. The maximum absolute atomic E-state index is 10.5. The summed E-state index contributed by atoms with van der Waals surface area (Å²) in [6.45, 7) is 6.29. The summed E-state index contributed by atoms with van der Waals surface area (Å²) in [5, 5.41) is 19.7. The molecule has 0 aliphatic carbocycles. The molecule has 26 heavy (non-hydrogen) atoms. The number of esters is 2. The van der Waals surface area contributed by atoms with Gasteiger partial charge in [0.1, 0.15) is 0 Å². The van der Waals surface area contributed by atoms with Crippen molar-refractivity contribution in [3.63, 3.8) is 0 Å². The summed E-state index contributed by atoms with van der Waals surface area (Å²) >= 11 is 9.07. The van der Waals surface area contributed by atoms with Gasteiger partial charge in [0.15, 0.2) is 10.1 Å². The molecular weight excluding hydrogens is 406 g/mol. The maximum atomic E-state index is 10.5. The third kappa shape index (κ3) is 25.8. The molecule has 0 radical (unpaired) electrons. The third-order valence-electron chi connectivity index (χ3n) is 1.83. The van der Waals surface area contributed by atoms with Gasteiger partial charge in [-0.15, -0.1) is 0 Å². The fraction of sp³-hybridized carbons (Fsp3) is 0.286. The fourth-order valence-corrected chi connectivity index (χ4v) is 1.19. The Morgan fingerprint density at radius 3 is 1.19 bits per heavy atom. The molecule has 0 rings (SSSR count). The smallest absolute Gasteiger partial charge is 0.550 e. The molecule has 0 bridgehead atoms. The quantitative estimate of drug-likeness (QED) is 0.161. The first kappa shape index (κ1) is 33.1. The maximum Gasteiger partial charge on any atom is 1.00 e. The Labute approximate surface area is 205 Å². The molecule has 0 saturated heterocycles. The van der Waals surface area contributed by atoms with E-state index in [4.69, 9.17) is 0 Å². The first-order valence-electron chi connectivity index (χ1n) is 6.26. The number of hydrogen-bond acceptors (Lipinski definition) is 10. The Balaban J connectivity index is -0.000000173. The molecule has 0 saturated carbocycles. The zero-order valence-corrected chi connectivity index (χ0v) is 20.1. The van der Waals surface area contributed by atoms with E-state index in [-0.39, 0.29) is 94.9 Å². The van der Waals surface area contributed by atoms with E-state index in [0.29, 0.717) is 0 Å². The van der Waals surface area contributed by atoms with E-state index < -0.39 is 23.9 Å². The summed E-state index contributed by atoms with van der Waals surface area (Å²) < 4.78 is 8.87. The molecule has 0 spiro atoms. The van der Waals surface area contributed by atoms with E-state index >= 15 is 0 Å². The van der Waals surface area contributed by atoms with Crippen LogP contribution in [0.2, 0.25) is 0 Å². The molecule has 132 valence electrons. The van der Waals surface area contributed by atoms with Crippen LogP contribution in [0.5, 0.6) is 0 Å². The van der Waals surface area contributed by atoms with Gasteiger partial charge < -0.3 is 29.3 Å². The second kappa shape index (κ2) is 20.8. The Morgan fingerprint density at radius 2 is 1.00 bits per heavy atom. The SMILES string of the molecule is C=CC(=O)OC(=S)CCC(=O)[O-].C=CC(=O)OC(=S)CCC(=O)[O-].[Na+].[Na+]. The van der Waals surface area contributed by atoms with Gasteiger partial charge in [-0.2, -0.15) is 0 Å². The number of rotatable bonds is 8. The van der Waals surface area contributed by atoms with Crippen molar-refractivity contribution in [2.75, 3.05) is 0 Å². The van der Waals surface area contributed by atoms with Crippen LogP contribution in [-0.4, -0.2) is 34.0 Å². The van der Waals surface area contributed by atoms with Crippen molar-refractivity contribution in [1.82, 2.24) is 0 Å². The van der Waals surface area contributed by atoms with Crippen LogP contribution in [-0.2, 0) is 28.7 Å². The molecule has 0 aromatic carbocycles. The molecule has 0 fully saturated rings. The molecular formula is C14H14Na2O8S2. The number of thiocarbonyl (C=S) groups is 2. The average Bonchev–Trinajstić information content (AvgIpc) is 2.51. The summed E-state index contributed by atoms with van der Waals surface area (Å²) in [4.78, 5) is 40.8. The zero-order chi connectivity index (χ0) is 19.1. The number of carbonyl (C=O) groups is 4. The predicted molar refractivity (Wildman–Crippen MR) is 86.3 cm³/mol. The van der Waals surface area contributed by atoms with E-state index in [1.54, 1.807) is 0 Å². The Hall–Kier alpha value is -0.460. The second-order valence-corrected chi connectivity index (χ2v) is 4.65. The van der Waals surface area contributed by atoms with Crippen LogP contribution < -0.4 is 69.3 Å². The van der Waals surface area contributed by atoms with Crippen molar-refractivity contribution in [3.05, 3.63) is 25.3 Å². The molecule has 0 aromatic rings. The first-order chi connectivity index (χ1) is 11.1. The van der Waals surface area contributed by atoms with Crippen molar-refractivity contribution in [1.29, 1.82) is 0 Å². The molecule has 0 amide bonds. The van der Waals surface area contributed by atoms with Crippen LogP contribution in [0.3, 0.4) is 0 Å². The van der Waals surface area contributed by atoms with Crippen LogP contribution in [0.1, 0.15) is 25.7 Å². The normalized spacial score (nSPS) is 8.00. The minimum absolute atomic E-state index is 0. The largest absolute Gasteiger partial charge is 1.00 e. The number of aliphatic carboxylic acids is 2. The third-order valence-corrected chi connectivity index (χ3v) is 2.40. The van der Waals surface area contributed by atoms with Crippen LogP contribution in [0.4, 0.5) is 0 Å². The number of carbonyl (C=O) groups excluding carboxylic acids is 4. The van der Waals surface area contributed by atoms with E-state index in [9.17, 15) is 29.4 Å². The number of hydrogen-bond donors (Lipinski definition) is 0. The average molecular weight is 420 g/mol. The van der Waals surface area contributed by atoms with Gasteiger partial charge in [-0.1, -0.05) is 13.2 Å². The van der Waals surface area contributed by atoms with Crippen LogP contribution >= 0.6 is 24.4 Å². The molecule has 0 aliphatic heterocycles. The van der Waals surface area contributed by atoms with E-state index in [1.165, 1.54) is 0 Å². The van der Waals surface area contributed by atoms with Crippen molar-refractivity contribution in [2.24, 2.45) is 0 Å². The minimum Gasteiger partial charge on any atom is -0.550 e. The van der Waals surface area contributed by atoms with Gasteiger partial charge in [0.25, 0.3) is 0 Å². The van der Waals surface area contributed by atoms with Gasteiger partial charge in [-0.25, -0.2) is 9.59 Å². The van der Waals surface area contributed by atoms with Gasteiger partial charge in [0, 0.05) is 36.9 Å². The Kier molecular flexibility index (Phi) is 26.6. The molecule has 0 unspecified atom stereocenters. The molecule has 12 heteroatoms. The minimum atomic E-state index is -1.23. The van der Waals surface area contributed by atoms with E-state index in [0.717, 1.165) is 12.2 Å². The number of ether oxygens (including phenoxy) is 2. The molecule has 0 aliphatic rings. The Morgan fingerprint density at radius 1 is 0.731 bits per heavy atom. The Bertz CT molecular complexity index is 501. The first-order valence-corrected chi connectivity index (χ1v) is 7.07. The van der Waals surface area contributed by atoms with Gasteiger partial charge in [-0.05, 0) is 37.3 Å². The summed E-state index contributed by atoms with van der Waals surface area (Å²) in [5.41, 5.74) is 0. The molecule has 0 atom stereocenters. The topological polar surface area (TPSA) is 133 Å². The van der Waals surface area contributed by atoms with E-state index in [1.807, 2.05) is 0 Å². The molecule has 0 N–H and O–H groups in total. The van der Waals surface area contributed by atoms with Crippen molar-refractivity contribution >= 4 is 58.4 Å². The summed E-state index contributed by atoms with van der Waals surface area (Å²) in [6, 6.07) is 0. The van der Waals surface area contributed by atoms with Gasteiger partial charge in [0.05, 0.1) is 0 Å². The number of carboxylic acid groups (broad SMARTS) is 2. The van der Waals surface area contributed by atoms with Crippen LogP contribution in [0.15, 0.2) is 25.3 Å². The van der Waals surface area contributed by atoms with Crippen LogP contribution in [0, 0.1) is 0 Å². The van der Waals surface area contributed by atoms with Crippen molar-refractivity contribution in [3.8, 4) is 0 Å². The van der Waals surface area contributed by atoms with Crippen molar-refractivity contribution < 1.29 is 98.0 Å². The van der Waals surface area contributed by atoms with Gasteiger partial charge >= 0.3 is 71.1 Å². The predicted octanol–water partition coefficient (Wildman–Crippen LogP) is -6.85. The van der Waals surface area contributed by atoms with E-state index in [2.05, 4.69) is 47.1 Å². The number of carboxylic acids is 2. The standard InChI is InChI=1S/2C7H8O4S.2Na/c2*1-2-6(10)11-7(12)4-3-5(8)9;;/h2*2H,1,3-4H2,(H,8,9);;/q;;2*+1/p-2. The van der Waals surface area contributed by atoms with Crippen molar-refractivity contribution in [2.45, 2.75) is 25.7 Å². The fourth-order valence-electron chi connectivity index (χ4n) is 0.818. The summed E-state index contributed by atoms with van der Waals surface area (Å²) in [6.07, 6.45) is 1.40. The summed E-state index contributed by atoms with van der Waals surface area (Å²) in [5.74, 6) is -3.82.